The number of hydrogen-bond acceptors (Lipinski definition) is 3. The van der Waals surface area contributed by atoms with E-state index in [2.05, 4.69) is 6.92 Å². The summed E-state index contributed by atoms with van der Waals surface area (Å²) in [5.74, 6) is -1.26. The van der Waals surface area contributed by atoms with Gasteiger partial charge in [0, 0.05) is 6.54 Å². The summed E-state index contributed by atoms with van der Waals surface area (Å²) in [6, 6.07) is -0.797. The lowest BCUT2D eigenvalue weighted by Gasteiger charge is -2.26. The first-order valence-corrected chi connectivity index (χ1v) is 8.76. The summed E-state index contributed by atoms with van der Waals surface area (Å²) in [7, 11) is 0. The molecule has 0 aliphatic carbocycles. The Hall–Kier alpha value is -1.10. The molecule has 1 amide bonds. The summed E-state index contributed by atoms with van der Waals surface area (Å²) in [5.41, 5.74) is 5.35. The average molecular weight is 314 g/mol. The van der Waals surface area contributed by atoms with E-state index in [4.69, 9.17) is 10.8 Å². The van der Waals surface area contributed by atoms with Crippen LogP contribution in [0.4, 0.5) is 0 Å². The summed E-state index contributed by atoms with van der Waals surface area (Å²) in [5, 5.41) is 9.02. The predicted molar refractivity (Wildman–Crippen MR) is 89.7 cm³/mol. The number of aliphatic carboxylic acids is 1. The molecule has 0 aromatic carbocycles. The summed E-state index contributed by atoms with van der Waals surface area (Å²) in [6.45, 7) is 4.12. The molecule has 0 fully saturated rings. The number of carbonyl (C=O) groups is 2. The van der Waals surface area contributed by atoms with E-state index < -0.39 is 12.0 Å². The third-order valence-corrected chi connectivity index (χ3v) is 4.07. The van der Waals surface area contributed by atoms with Crippen LogP contribution in [-0.2, 0) is 9.59 Å². The van der Waals surface area contributed by atoms with Crippen LogP contribution in [0.25, 0.3) is 0 Å². The van der Waals surface area contributed by atoms with Gasteiger partial charge in [-0.25, -0.2) is 4.79 Å². The fourth-order valence-electron chi connectivity index (χ4n) is 2.55. The summed E-state index contributed by atoms with van der Waals surface area (Å²) in [6.07, 6.45) is 12.2. The van der Waals surface area contributed by atoms with Gasteiger partial charge in [0.25, 0.3) is 0 Å². The number of nitrogens with two attached hydrogens (primary N) is 1. The van der Waals surface area contributed by atoms with Crippen LogP contribution in [0.3, 0.4) is 0 Å². The summed E-state index contributed by atoms with van der Waals surface area (Å²) >= 11 is 0. The first-order chi connectivity index (χ1) is 10.5. The van der Waals surface area contributed by atoms with Gasteiger partial charge in [0.2, 0.25) is 5.91 Å². The highest BCUT2D eigenvalue weighted by atomic mass is 16.4. The van der Waals surface area contributed by atoms with Gasteiger partial charge in [-0.3, -0.25) is 4.79 Å². The highest BCUT2D eigenvalue weighted by Gasteiger charge is 2.23. The molecule has 22 heavy (non-hydrogen) atoms. The Balaban J connectivity index is 3.72. The van der Waals surface area contributed by atoms with Crippen molar-refractivity contribution >= 4 is 11.9 Å². The molecule has 0 aromatic rings. The number of amides is 1. The zero-order chi connectivity index (χ0) is 16.8. The van der Waals surface area contributed by atoms with E-state index in [1.54, 1.807) is 0 Å². The smallest absolute Gasteiger partial charge is 0.326 e. The molecule has 0 rings (SSSR count). The van der Waals surface area contributed by atoms with E-state index in [0.717, 1.165) is 19.3 Å². The van der Waals surface area contributed by atoms with E-state index in [-0.39, 0.29) is 12.5 Å². The molecule has 1 atom stereocenters. The van der Waals surface area contributed by atoms with Crippen LogP contribution >= 0.6 is 0 Å². The Morgan fingerprint density at radius 2 is 1.41 bits per heavy atom. The van der Waals surface area contributed by atoms with Crippen molar-refractivity contribution in [3.8, 4) is 0 Å². The molecule has 0 heterocycles. The molecule has 3 N–H and O–H groups in total. The monoisotopic (exact) mass is 314 g/mol. The van der Waals surface area contributed by atoms with Gasteiger partial charge in [0.15, 0.2) is 0 Å². The molecule has 130 valence electrons. The fourth-order valence-corrected chi connectivity index (χ4v) is 2.55. The minimum absolute atomic E-state index is 0.130. The Labute approximate surface area is 135 Å². The predicted octanol–water partition coefficient (Wildman–Crippen LogP) is 3.17. The van der Waals surface area contributed by atoms with Gasteiger partial charge < -0.3 is 15.7 Å². The van der Waals surface area contributed by atoms with Crippen LogP contribution in [0.1, 0.15) is 78.1 Å². The maximum absolute atomic E-state index is 11.7. The fraction of sp³-hybridized carbons (Fsp3) is 0.882. The maximum Gasteiger partial charge on any atom is 0.326 e. The molecule has 1 unspecified atom stereocenters. The molecular weight excluding hydrogens is 280 g/mol. The first kappa shape index (κ1) is 20.9. The van der Waals surface area contributed by atoms with Crippen LogP contribution in [0.2, 0.25) is 0 Å². The largest absolute Gasteiger partial charge is 0.480 e. The van der Waals surface area contributed by atoms with E-state index >= 15 is 0 Å². The first-order valence-electron chi connectivity index (χ1n) is 8.76. The molecular formula is C17H34N2O3. The topological polar surface area (TPSA) is 83.6 Å². The van der Waals surface area contributed by atoms with Crippen LogP contribution in [0.15, 0.2) is 0 Å². The lowest BCUT2D eigenvalue weighted by molar-refractivity contribution is -0.148. The number of hydrogen-bond donors (Lipinski definition) is 2. The third-order valence-electron chi connectivity index (χ3n) is 4.07. The summed E-state index contributed by atoms with van der Waals surface area (Å²) < 4.78 is 0. The quantitative estimate of drug-likeness (QED) is 0.482. The van der Waals surface area contributed by atoms with Gasteiger partial charge in [0.05, 0.1) is 6.54 Å². The lowest BCUT2D eigenvalue weighted by atomic mass is 10.1. The lowest BCUT2D eigenvalue weighted by Crippen LogP contribution is -2.46. The summed E-state index contributed by atoms with van der Waals surface area (Å²) in [4.78, 5) is 24.1. The van der Waals surface area contributed by atoms with Crippen molar-refractivity contribution in [2.24, 2.45) is 5.73 Å². The standard InChI is InChI=1S/C17H34N2O3/c1-3-4-5-6-7-8-9-10-11-12-13-19(16(20)14-18)15(2)17(21)22/h15H,3-14,18H2,1-2H3,(H,21,22). The normalized spacial score (nSPS) is 12.1. The zero-order valence-electron chi connectivity index (χ0n) is 14.4. The van der Waals surface area contributed by atoms with Crippen molar-refractivity contribution in [1.82, 2.24) is 4.90 Å². The van der Waals surface area contributed by atoms with E-state index in [9.17, 15) is 9.59 Å². The van der Waals surface area contributed by atoms with Crippen LogP contribution < -0.4 is 5.73 Å². The maximum atomic E-state index is 11.7. The molecule has 0 saturated carbocycles. The number of nitrogens with zero attached hydrogens (tertiary/aromatic N) is 1. The van der Waals surface area contributed by atoms with Gasteiger partial charge in [-0.15, -0.1) is 0 Å². The second-order valence-corrected chi connectivity index (χ2v) is 5.99. The molecule has 5 nitrogen and oxygen atoms in total. The Kier molecular flexibility index (Phi) is 12.9. The van der Waals surface area contributed by atoms with Crippen molar-refractivity contribution in [1.29, 1.82) is 0 Å². The number of rotatable bonds is 14. The van der Waals surface area contributed by atoms with Gasteiger partial charge in [-0.2, -0.15) is 0 Å². The molecule has 5 heteroatoms. The molecule has 0 spiro atoms. The third kappa shape index (κ3) is 9.77. The highest BCUT2D eigenvalue weighted by Crippen LogP contribution is 2.11. The van der Waals surface area contributed by atoms with Crippen molar-refractivity contribution < 1.29 is 14.7 Å². The Morgan fingerprint density at radius 3 is 1.82 bits per heavy atom. The second-order valence-electron chi connectivity index (χ2n) is 5.99. The molecule has 0 aliphatic rings. The van der Waals surface area contributed by atoms with Gasteiger partial charge >= 0.3 is 5.97 Å². The minimum Gasteiger partial charge on any atom is -0.480 e. The van der Waals surface area contributed by atoms with Gasteiger partial charge in [0.1, 0.15) is 6.04 Å². The number of carboxylic acids is 1. The van der Waals surface area contributed by atoms with Crippen LogP contribution in [-0.4, -0.2) is 41.0 Å². The molecule has 0 aromatic heterocycles. The highest BCUT2D eigenvalue weighted by molar-refractivity contribution is 5.84. The second kappa shape index (κ2) is 13.6. The molecule has 0 bridgehead atoms. The molecule has 0 saturated heterocycles. The average Bonchev–Trinajstić information content (AvgIpc) is 2.51. The van der Waals surface area contributed by atoms with Crippen LogP contribution in [0.5, 0.6) is 0 Å². The SMILES string of the molecule is CCCCCCCCCCCCN(C(=O)CN)C(C)C(=O)O. The Morgan fingerprint density at radius 1 is 0.955 bits per heavy atom. The van der Waals surface area contributed by atoms with Crippen molar-refractivity contribution in [2.45, 2.75) is 84.1 Å². The van der Waals surface area contributed by atoms with E-state index in [1.807, 2.05) is 0 Å². The number of carbonyl (C=O) groups excluding carboxylic acids is 1. The van der Waals surface area contributed by atoms with E-state index in [0.29, 0.717) is 6.54 Å². The van der Waals surface area contributed by atoms with Crippen molar-refractivity contribution in [3.05, 3.63) is 0 Å². The van der Waals surface area contributed by atoms with Crippen molar-refractivity contribution in [3.63, 3.8) is 0 Å². The Bertz CT molecular complexity index is 308. The molecule has 0 radical (unpaired) electrons. The molecule has 0 aliphatic heterocycles. The van der Waals surface area contributed by atoms with Gasteiger partial charge in [-0.1, -0.05) is 64.7 Å². The van der Waals surface area contributed by atoms with Crippen molar-refractivity contribution in [2.75, 3.05) is 13.1 Å². The number of unbranched alkanes of at least 4 members (excludes halogenated alkanes) is 9. The number of carboxylic acid groups (broad SMARTS) is 1. The van der Waals surface area contributed by atoms with E-state index in [1.165, 1.54) is 56.8 Å². The van der Waals surface area contributed by atoms with Gasteiger partial charge in [-0.05, 0) is 13.3 Å². The zero-order valence-corrected chi connectivity index (χ0v) is 14.4. The van der Waals surface area contributed by atoms with Crippen LogP contribution in [0, 0.1) is 0 Å². The minimum atomic E-state index is -0.978.